The molecule has 2 aliphatic rings. The predicted octanol–water partition coefficient (Wildman–Crippen LogP) is 2.57. The van der Waals surface area contributed by atoms with Gasteiger partial charge in [0.15, 0.2) is 0 Å². The van der Waals surface area contributed by atoms with Crippen LogP contribution in [-0.2, 0) is 14.3 Å². The van der Waals surface area contributed by atoms with E-state index < -0.39 is 5.92 Å². The fourth-order valence-corrected chi connectivity index (χ4v) is 4.32. The minimum absolute atomic E-state index is 0.0240. The van der Waals surface area contributed by atoms with Crippen LogP contribution in [0.1, 0.15) is 50.6 Å². The monoisotopic (exact) mass is 344 g/mol. The Morgan fingerprint density at radius 2 is 1.84 bits per heavy atom. The average molecular weight is 344 g/mol. The molecule has 5 heteroatoms. The van der Waals surface area contributed by atoms with E-state index in [0.29, 0.717) is 24.4 Å². The lowest BCUT2D eigenvalue weighted by molar-refractivity contribution is -0.146. The van der Waals surface area contributed by atoms with Gasteiger partial charge in [0.2, 0.25) is 5.91 Å². The van der Waals surface area contributed by atoms with Crippen molar-refractivity contribution in [2.75, 3.05) is 7.11 Å². The summed E-state index contributed by atoms with van der Waals surface area (Å²) in [4.78, 5) is 24.7. The summed E-state index contributed by atoms with van der Waals surface area (Å²) in [6.45, 7) is 1.80. The number of carbonyl (C=O) groups excluding carboxylic acids is 2. The van der Waals surface area contributed by atoms with E-state index in [4.69, 9.17) is 4.74 Å². The molecule has 1 aromatic rings. The summed E-state index contributed by atoms with van der Waals surface area (Å²) in [6.07, 6.45) is 5.15. The molecule has 3 rings (SSSR count). The summed E-state index contributed by atoms with van der Waals surface area (Å²) in [5, 5.41) is 6.69. The van der Waals surface area contributed by atoms with Gasteiger partial charge >= 0.3 is 5.97 Å². The zero-order chi connectivity index (χ0) is 17.8. The zero-order valence-corrected chi connectivity index (χ0v) is 15.0. The molecule has 0 aliphatic carbocycles. The van der Waals surface area contributed by atoms with E-state index >= 15 is 0 Å². The molecule has 136 valence electrons. The molecule has 0 saturated carbocycles. The van der Waals surface area contributed by atoms with Crippen molar-refractivity contribution in [1.82, 2.24) is 10.6 Å². The maximum atomic E-state index is 12.7. The van der Waals surface area contributed by atoms with E-state index in [1.54, 1.807) is 6.92 Å². The Labute approximate surface area is 149 Å². The van der Waals surface area contributed by atoms with Crippen molar-refractivity contribution in [1.29, 1.82) is 0 Å². The lowest BCUT2D eigenvalue weighted by atomic mass is 9.88. The van der Waals surface area contributed by atoms with Gasteiger partial charge in [0.25, 0.3) is 0 Å². The predicted molar refractivity (Wildman–Crippen MR) is 95.8 cm³/mol. The average Bonchev–Trinajstić information content (AvgIpc) is 2.97. The molecule has 1 amide bonds. The third-order valence-corrected chi connectivity index (χ3v) is 5.59. The van der Waals surface area contributed by atoms with E-state index in [9.17, 15) is 9.59 Å². The van der Waals surface area contributed by atoms with Gasteiger partial charge in [0.05, 0.1) is 19.1 Å². The van der Waals surface area contributed by atoms with E-state index in [0.717, 1.165) is 18.4 Å². The number of carbonyl (C=O) groups is 2. The van der Waals surface area contributed by atoms with Crippen molar-refractivity contribution in [2.45, 2.75) is 57.2 Å². The molecule has 2 N–H and O–H groups in total. The molecule has 1 aromatic carbocycles. The summed E-state index contributed by atoms with van der Waals surface area (Å²) < 4.78 is 4.88. The Bertz CT molecular complexity index is 592. The van der Waals surface area contributed by atoms with Crippen molar-refractivity contribution in [3.8, 4) is 0 Å². The zero-order valence-electron chi connectivity index (χ0n) is 15.0. The number of hydrogen-bond donors (Lipinski definition) is 2. The number of benzene rings is 1. The van der Waals surface area contributed by atoms with Gasteiger partial charge in [0.1, 0.15) is 0 Å². The fraction of sp³-hybridized carbons (Fsp3) is 0.600. The van der Waals surface area contributed by atoms with Crippen LogP contribution in [0, 0.1) is 11.8 Å². The van der Waals surface area contributed by atoms with Gasteiger partial charge in [-0.2, -0.15) is 0 Å². The highest BCUT2D eigenvalue weighted by molar-refractivity contribution is 5.79. The van der Waals surface area contributed by atoms with Crippen LogP contribution in [0.4, 0.5) is 0 Å². The van der Waals surface area contributed by atoms with Crippen LogP contribution in [0.15, 0.2) is 30.3 Å². The molecule has 0 radical (unpaired) electrons. The van der Waals surface area contributed by atoms with Gasteiger partial charge in [-0.15, -0.1) is 0 Å². The number of fused-ring (bicyclic) bond motifs is 2. The van der Waals surface area contributed by atoms with Crippen molar-refractivity contribution < 1.29 is 14.3 Å². The van der Waals surface area contributed by atoms with Crippen LogP contribution in [0.3, 0.4) is 0 Å². The molecule has 2 bridgehead atoms. The summed E-state index contributed by atoms with van der Waals surface area (Å²) >= 11 is 0. The molecule has 4 atom stereocenters. The lowest BCUT2D eigenvalue weighted by Crippen LogP contribution is -2.41. The standard InChI is InChI=1S/C20H28N2O3/c1-13(20(24)25-2)19(15-6-4-3-5-7-15)22-18(23)12-14-10-16-8-9-17(11-14)21-16/h3-7,13-14,16-17,19,21H,8-12H2,1-2H3,(H,22,23). The van der Waals surface area contributed by atoms with E-state index in [-0.39, 0.29) is 17.9 Å². The maximum absolute atomic E-state index is 12.7. The van der Waals surface area contributed by atoms with Crippen LogP contribution >= 0.6 is 0 Å². The molecule has 5 nitrogen and oxygen atoms in total. The van der Waals surface area contributed by atoms with Gasteiger partial charge in [0, 0.05) is 18.5 Å². The van der Waals surface area contributed by atoms with E-state index in [2.05, 4.69) is 10.6 Å². The second kappa shape index (κ2) is 8.00. The van der Waals surface area contributed by atoms with Crippen LogP contribution in [0.5, 0.6) is 0 Å². The van der Waals surface area contributed by atoms with Gasteiger partial charge in [-0.05, 0) is 44.1 Å². The Hall–Kier alpha value is -1.88. The molecule has 2 heterocycles. The summed E-state index contributed by atoms with van der Waals surface area (Å²) in [6, 6.07) is 10.4. The van der Waals surface area contributed by atoms with Crippen molar-refractivity contribution >= 4 is 11.9 Å². The number of piperidine rings is 1. The molecule has 2 fully saturated rings. The van der Waals surface area contributed by atoms with Gasteiger partial charge < -0.3 is 15.4 Å². The number of amides is 1. The molecule has 0 aromatic heterocycles. The first-order chi connectivity index (χ1) is 12.1. The SMILES string of the molecule is COC(=O)C(C)C(NC(=O)CC1CC2CCC(C1)N2)c1ccccc1. The lowest BCUT2D eigenvalue weighted by Gasteiger charge is -2.30. The Balaban J connectivity index is 1.65. The second-order valence-electron chi connectivity index (χ2n) is 7.45. The van der Waals surface area contributed by atoms with Crippen molar-refractivity contribution in [3.05, 3.63) is 35.9 Å². The minimum atomic E-state index is -0.430. The van der Waals surface area contributed by atoms with E-state index in [1.165, 1.54) is 20.0 Å². The normalized spacial score (nSPS) is 27.4. The third kappa shape index (κ3) is 4.40. The first-order valence-corrected chi connectivity index (χ1v) is 9.25. The largest absolute Gasteiger partial charge is 0.469 e. The van der Waals surface area contributed by atoms with Crippen LogP contribution in [0.25, 0.3) is 0 Å². The quantitative estimate of drug-likeness (QED) is 0.779. The molecule has 25 heavy (non-hydrogen) atoms. The number of hydrogen-bond acceptors (Lipinski definition) is 4. The number of nitrogens with one attached hydrogen (secondary N) is 2. The Morgan fingerprint density at radius 1 is 1.20 bits per heavy atom. The first kappa shape index (κ1) is 17.9. The molecule has 2 aliphatic heterocycles. The Kier molecular flexibility index (Phi) is 5.74. The van der Waals surface area contributed by atoms with Crippen LogP contribution in [-0.4, -0.2) is 31.1 Å². The van der Waals surface area contributed by atoms with E-state index in [1.807, 2.05) is 30.3 Å². The first-order valence-electron chi connectivity index (χ1n) is 9.25. The third-order valence-electron chi connectivity index (χ3n) is 5.59. The highest BCUT2D eigenvalue weighted by Gasteiger charge is 2.35. The fourth-order valence-electron chi connectivity index (χ4n) is 4.32. The number of ether oxygens (including phenoxy) is 1. The second-order valence-corrected chi connectivity index (χ2v) is 7.45. The van der Waals surface area contributed by atoms with Crippen molar-refractivity contribution in [2.24, 2.45) is 11.8 Å². The van der Waals surface area contributed by atoms with Gasteiger partial charge in [-0.1, -0.05) is 30.3 Å². The van der Waals surface area contributed by atoms with Crippen LogP contribution < -0.4 is 10.6 Å². The summed E-state index contributed by atoms with van der Waals surface area (Å²) in [5.41, 5.74) is 0.930. The number of rotatable bonds is 6. The summed E-state index contributed by atoms with van der Waals surface area (Å²) in [5.74, 6) is -0.283. The molecular weight excluding hydrogens is 316 g/mol. The molecule has 4 unspecified atom stereocenters. The molecule has 0 spiro atoms. The highest BCUT2D eigenvalue weighted by atomic mass is 16.5. The number of esters is 1. The molecule has 2 saturated heterocycles. The summed E-state index contributed by atoms with van der Waals surface area (Å²) in [7, 11) is 1.38. The van der Waals surface area contributed by atoms with Gasteiger partial charge in [-0.3, -0.25) is 9.59 Å². The Morgan fingerprint density at radius 3 is 2.44 bits per heavy atom. The smallest absolute Gasteiger partial charge is 0.310 e. The molecular formula is C20H28N2O3. The van der Waals surface area contributed by atoms with Crippen molar-refractivity contribution in [3.63, 3.8) is 0 Å². The minimum Gasteiger partial charge on any atom is -0.469 e. The van der Waals surface area contributed by atoms with Crippen LogP contribution in [0.2, 0.25) is 0 Å². The highest BCUT2D eigenvalue weighted by Crippen LogP contribution is 2.33. The maximum Gasteiger partial charge on any atom is 0.310 e. The van der Waals surface area contributed by atoms with Gasteiger partial charge in [-0.25, -0.2) is 0 Å². The number of methoxy groups -OCH3 is 1. The topological polar surface area (TPSA) is 67.4 Å².